The molecule has 0 amide bonds. The maximum Gasteiger partial charge on any atom is 1.00 e. The number of hydrogen-bond donors (Lipinski definition) is 0. The Balaban J connectivity index is 0. The van der Waals surface area contributed by atoms with Gasteiger partial charge in [0.05, 0.1) is 0 Å². The summed E-state index contributed by atoms with van der Waals surface area (Å²) in [4.78, 5) is 0. The third-order valence-electron chi connectivity index (χ3n) is 0. The largest absolute Gasteiger partial charge is 1.00 e. The second-order valence-electron chi connectivity index (χ2n) is 0. The first kappa shape index (κ1) is 26.5. The third-order valence-corrected chi connectivity index (χ3v) is 0. The van der Waals surface area contributed by atoms with Gasteiger partial charge in [0, 0.05) is 0 Å². The zero-order valence-electron chi connectivity index (χ0n) is 4.00. The molecule has 0 radical (unpaired) electrons. The van der Waals surface area contributed by atoms with Crippen LogP contribution in [0.15, 0.2) is 0 Å². The molecule has 0 fully saturated rings. The van der Waals surface area contributed by atoms with E-state index in [0.29, 0.717) is 0 Å². The molecule has 0 aliphatic heterocycles. The fraction of sp³-hybridized carbons (Fsp3) is 0. The van der Waals surface area contributed by atoms with Crippen LogP contribution in [0.5, 0.6) is 0 Å². The van der Waals surface area contributed by atoms with E-state index in [1.807, 2.05) is 0 Å². The Morgan fingerprint density at radius 1 is 1.00 bits per heavy atom. The van der Waals surface area contributed by atoms with Gasteiger partial charge in [0.15, 0.2) is 0 Å². The molecule has 0 heterocycles. The van der Waals surface area contributed by atoms with Crippen molar-refractivity contribution in [2.45, 2.75) is 0 Å². The average molecular weight is 201 g/mol. The zero-order chi connectivity index (χ0) is 0. The maximum absolute atomic E-state index is 0. The van der Waals surface area contributed by atoms with Gasteiger partial charge in [-0.3, -0.25) is 0 Å². The smallest absolute Gasteiger partial charge is 1.00 e. The second-order valence-corrected chi connectivity index (χ2v) is 0. The minimum atomic E-state index is 0. The van der Waals surface area contributed by atoms with E-state index in [0.717, 1.165) is 0 Å². The van der Waals surface area contributed by atoms with E-state index in [1.54, 1.807) is 0 Å². The van der Waals surface area contributed by atoms with Gasteiger partial charge in [-0.1, -0.05) is 0 Å². The Hall–Kier alpha value is 3.32. The fourth-order valence-electron chi connectivity index (χ4n) is 0. The molecule has 0 aromatic heterocycles. The number of rotatable bonds is 0. The SMILES string of the molecule is [GeH4].[GeH4].[H-].[H-].[K+].[Li+]. The van der Waals surface area contributed by atoms with Crippen LogP contribution < -0.4 is 70.2 Å². The van der Waals surface area contributed by atoms with Gasteiger partial charge in [-0.25, -0.2) is 0 Å². The quantitative estimate of drug-likeness (QED) is 0.342. The van der Waals surface area contributed by atoms with Gasteiger partial charge in [0.2, 0.25) is 0 Å². The van der Waals surface area contributed by atoms with Gasteiger partial charge in [0.1, 0.15) is 0 Å². The molecule has 0 N–H and O–H groups in total. The molecule has 0 unspecified atom stereocenters. The zero-order valence-corrected chi connectivity index (χ0v) is 5.12. The molecule has 20 valence electrons. The van der Waals surface area contributed by atoms with Crippen LogP contribution in [0.1, 0.15) is 2.85 Å². The van der Waals surface area contributed by atoms with Gasteiger partial charge >= 0.3 is 105 Å². The predicted octanol–water partition coefficient (Wildman–Crippen LogP) is -8.67. The van der Waals surface area contributed by atoms with Crippen molar-refractivity contribution in [3.63, 3.8) is 0 Å². The van der Waals surface area contributed by atoms with Crippen LogP contribution in [-0.4, -0.2) is 35.2 Å². The Kier molecular flexibility index (Phi) is 108. The molecule has 0 nitrogen and oxygen atoms in total. The van der Waals surface area contributed by atoms with Crippen LogP contribution in [0.2, 0.25) is 0 Å². The van der Waals surface area contributed by atoms with Crippen LogP contribution in [0.25, 0.3) is 0 Å². The Labute approximate surface area is 106 Å². The first-order valence-electron chi connectivity index (χ1n) is 0. The van der Waals surface area contributed by atoms with E-state index < -0.39 is 0 Å². The van der Waals surface area contributed by atoms with Gasteiger partial charge in [-0.05, 0) is 0 Å². The number of hydrogen-bond acceptors (Lipinski definition) is 0. The summed E-state index contributed by atoms with van der Waals surface area (Å²) < 4.78 is 0. The summed E-state index contributed by atoms with van der Waals surface area (Å²) in [6, 6.07) is 0. The molecular weight excluding hydrogens is 191 g/mol. The molecule has 0 aromatic carbocycles. The van der Waals surface area contributed by atoms with Crippen LogP contribution >= 0.6 is 0 Å². The molecule has 0 bridgehead atoms. The normalized spacial score (nSPS) is 0. The third kappa shape index (κ3) is 9.01. The summed E-state index contributed by atoms with van der Waals surface area (Å²) in [5.74, 6) is 0. The molecular formula is H10Ge2KLi. The Bertz CT molecular complexity index is 11.5. The molecule has 0 aromatic rings. The minimum absolute atomic E-state index is 0. The topological polar surface area (TPSA) is 0 Å². The molecule has 0 rings (SSSR count). The minimum Gasteiger partial charge on any atom is -1.00 e. The Morgan fingerprint density at radius 3 is 1.00 bits per heavy atom. The van der Waals surface area contributed by atoms with Crippen LogP contribution in [0.3, 0.4) is 0 Å². The second kappa shape index (κ2) is 16.2. The molecule has 0 aliphatic rings. The van der Waals surface area contributed by atoms with Gasteiger partial charge in [0.25, 0.3) is 0 Å². The van der Waals surface area contributed by atoms with Crippen LogP contribution in [0, 0.1) is 0 Å². The van der Waals surface area contributed by atoms with Gasteiger partial charge in [-0.15, -0.1) is 0 Å². The van der Waals surface area contributed by atoms with E-state index in [-0.39, 0.29) is 108 Å². The van der Waals surface area contributed by atoms with Crippen molar-refractivity contribution in [1.82, 2.24) is 0 Å². The average Bonchev–Trinajstić information content (AvgIpc) is 0. The summed E-state index contributed by atoms with van der Waals surface area (Å²) in [6.07, 6.45) is 0. The molecule has 4 heavy (non-hydrogen) atoms. The molecule has 4 heteroatoms. The van der Waals surface area contributed by atoms with Crippen molar-refractivity contribution >= 4 is 35.2 Å². The van der Waals surface area contributed by atoms with Crippen molar-refractivity contribution in [3.8, 4) is 0 Å². The van der Waals surface area contributed by atoms with Crippen LogP contribution in [0.4, 0.5) is 0 Å². The fourth-order valence-corrected chi connectivity index (χ4v) is 0. The predicted molar refractivity (Wildman–Crippen MR) is 24.9 cm³/mol. The van der Waals surface area contributed by atoms with Gasteiger partial charge < -0.3 is 2.85 Å². The monoisotopic (exact) mass is 204 g/mol. The van der Waals surface area contributed by atoms with Crippen molar-refractivity contribution in [2.24, 2.45) is 0 Å². The summed E-state index contributed by atoms with van der Waals surface area (Å²) in [6.45, 7) is 0. The van der Waals surface area contributed by atoms with E-state index in [1.165, 1.54) is 0 Å². The molecule has 0 saturated carbocycles. The van der Waals surface area contributed by atoms with Crippen molar-refractivity contribution in [2.75, 3.05) is 0 Å². The standard InChI is InChI=1S/2GeH4.K.Li.2H/h2*1H4;;;;/q;;2*+1;2*-1. The van der Waals surface area contributed by atoms with E-state index in [4.69, 9.17) is 0 Å². The molecule has 0 spiro atoms. The summed E-state index contributed by atoms with van der Waals surface area (Å²) in [5, 5.41) is 0. The summed E-state index contributed by atoms with van der Waals surface area (Å²) in [7, 11) is 0. The maximum atomic E-state index is 0. The van der Waals surface area contributed by atoms with E-state index >= 15 is 0 Å². The molecule has 0 saturated heterocycles. The molecule has 0 aliphatic carbocycles. The van der Waals surface area contributed by atoms with Crippen molar-refractivity contribution in [3.05, 3.63) is 0 Å². The Morgan fingerprint density at radius 2 is 1.00 bits per heavy atom. The van der Waals surface area contributed by atoms with E-state index in [2.05, 4.69) is 0 Å². The van der Waals surface area contributed by atoms with Crippen molar-refractivity contribution in [1.29, 1.82) is 0 Å². The summed E-state index contributed by atoms with van der Waals surface area (Å²) >= 11 is 0. The first-order chi connectivity index (χ1) is 0. The van der Waals surface area contributed by atoms with E-state index in [9.17, 15) is 0 Å². The van der Waals surface area contributed by atoms with Crippen molar-refractivity contribution < 1.29 is 73.1 Å². The summed E-state index contributed by atoms with van der Waals surface area (Å²) in [5.41, 5.74) is 0. The molecule has 0 atom stereocenters. The first-order valence-corrected chi connectivity index (χ1v) is 0. The van der Waals surface area contributed by atoms with Crippen LogP contribution in [-0.2, 0) is 0 Å². The van der Waals surface area contributed by atoms with Gasteiger partial charge in [-0.2, -0.15) is 0 Å².